The number of aliphatic hydroxyl groups excluding tert-OH is 1. The zero-order valence-electron chi connectivity index (χ0n) is 24.2. The van der Waals surface area contributed by atoms with Gasteiger partial charge in [-0.15, -0.1) is 13.2 Å². The number of unbranched alkanes of at least 4 members (excludes halogenated alkanes) is 2. The van der Waals surface area contributed by atoms with Crippen LogP contribution in [0, 0.1) is 17.8 Å². The van der Waals surface area contributed by atoms with Gasteiger partial charge in [0.15, 0.2) is 0 Å². The van der Waals surface area contributed by atoms with Crippen molar-refractivity contribution in [2.45, 2.75) is 56.8 Å². The molecule has 9 heteroatoms. The first-order valence-corrected chi connectivity index (χ1v) is 14.1. The van der Waals surface area contributed by atoms with Crippen LogP contribution in [-0.2, 0) is 19.1 Å². The lowest BCUT2D eigenvalue weighted by molar-refractivity contribution is -0.150. The Balaban J connectivity index is 1.79. The number of ether oxygens (including phenoxy) is 2. The summed E-state index contributed by atoms with van der Waals surface area (Å²) in [6, 6.07) is 6.30. The number of rotatable bonds is 13. The number of nitrogens with zero attached hydrogens (tertiary/aromatic N) is 3. The lowest BCUT2D eigenvalue weighted by atomic mass is 9.62. The molecule has 1 N–H and O–H groups in total. The molecular formula is C31H43N3O6. The summed E-state index contributed by atoms with van der Waals surface area (Å²) in [5, 5.41) is 9.28. The van der Waals surface area contributed by atoms with E-state index in [0.29, 0.717) is 50.2 Å². The highest BCUT2D eigenvalue weighted by molar-refractivity contribution is 6.05. The lowest BCUT2D eigenvalue weighted by Crippen LogP contribution is -2.57. The van der Waals surface area contributed by atoms with Crippen molar-refractivity contribution in [3.63, 3.8) is 0 Å². The standard InChI is InChI=1S/C31H43N3O6/c1-7-16-32(5)27(36)24-25-28(37)34(18-10-9-11-19-35)26(31(25)20-21(3)30(24,4)40-31)29(38)33(17-8-2)22-12-14-23(39-6)15-13-22/h7-8,12-15,21,24-26,35H,1-2,9-11,16-20H2,3-6H3/t21?,24-,25+,26?,30+,31?/m1/s1. The number of methoxy groups -OCH3 is 1. The van der Waals surface area contributed by atoms with Gasteiger partial charge in [-0.2, -0.15) is 0 Å². The smallest absolute Gasteiger partial charge is 0.253 e. The minimum absolute atomic E-state index is 0.0406. The third-order valence-corrected chi connectivity index (χ3v) is 9.11. The summed E-state index contributed by atoms with van der Waals surface area (Å²) < 4.78 is 12.1. The minimum atomic E-state index is -1.12. The van der Waals surface area contributed by atoms with Gasteiger partial charge in [0, 0.05) is 39.0 Å². The largest absolute Gasteiger partial charge is 0.497 e. The van der Waals surface area contributed by atoms with Crippen LogP contribution in [0.4, 0.5) is 5.69 Å². The van der Waals surface area contributed by atoms with Gasteiger partial charge >= 0.3 is 0 Å². The monoisotopic (exact) mass is 553 g/mol. The quantitative estimate of drug-likeness (QED) is 0.298. The van der Waals surface area contributed by atoms with E-state index >= 15 is 0 Å². The number of aliphatic hydroxyl groups is 1. The summed E-state index contributed by atoms with van der Waals surface area (Å²) in [4.78, 5) is 47.6. The van der Waals surface area contributed by atoms with Crippen molar-refractivity contribution in [2.75, 3.05) is 45.3 Å². The molecule has 40 heavy (non-hydrogen) atoms. The number of hydrogen-bond donors (Lipinski definition) is 1. The highest BCUT2D eigenvalue weighted by Crippen LogP contribution is 2.65. The molecule has 6 atom stereocenters. The molecule has 4 rings (SSSR count). The fourth-order valence-electron chi connectivity index (χ4n) is 7.09. The van der Waals surface area contributed by atoms with Crippen LogP contribution in [0.1, 0.15) is 39.5 Å². The third kappa shape index (κ3) is 4.73. The van der Waals surface area contributed by atoms with Crippen molar-refractivity contribution >= 4 is 23.4 Å². The molecule has 0 aromatic heterocycles. The molecule has 3 unspecified atom stereocenters. The van der Waals surface area contributed by atoms with Crippen molar-refractivity contribution < 1.29 is 29.0 Å². The zero-order chi connectivity index (χ0) is 29.2. The predicted octanol–water partition coefficient (Wildman–Crippen LogP) is 3.03. The van der Waals surface area contributed by atoms with Crippen molar-refractivity contribution in [3.8, 4) is 5.75 Å². The Morgan fingerprint density at radius 3 is 2.42 bits per heavy atom. The third-order valence-electron chi connectivity index (χ3n) is 9.11. The molecule has 3 amide bonds. The van der Waals surface area contributed by atoms with Crippen LogP contribution in [-0.4, -0.2) is 90.3 Å². The molecule has 3 fully saturated rings. The van der Waals surface area contributed by atoms with Gasteiger partial charge in [0.05, 0.1) is 24.5 Å². The molecule has 9 nitrogen and oxygen atoms in total. The van der Waals surface area contributed by atoms with Crippen LogP contribution in [0.3, 0.4) is 0 Å². The number of fused-ring (bicyclic) bond motifs is 1. The van der Waals surface area contributed by atoms with Gasteiger partial charge in [-0.1, -0.05) is 19.1 Å². The van der Waals surface area contributed by atoms with Gasteiger partial charge in [0.2, 0.25) is 11.8 Å². The molecule has 218 valence electrons. The van der Waals surface area contributed by atoms with Gasteiger partial charge in [-0.25, -0.2) is 0 Å². The van der Waals surface area contributed by atoms with E-state index in [0.717, 1.165) is 0 Å². The number of likely N-dealkylation sites (tertiary alicyclic amines) is 1. The lowest BCUT2D eigenvalue weighted by Gasteiger charge is -2.38. The van der Waals surface area contributed by atoms with Gasteiger partial charge < -0.3 is 29.3 Å². The molecule has 3 saturated heterocycles. The predicted molar refractivity (Wildman–Crippen MR) is 153 cm³/mol. The summed E-state index contributed by atoms with van der Waals surface area (Å²) >= 11 is 0. The number of amides is 3. The first kappa shape index (κ1) is 29.8. The normalized spacial score (nSPS) is 30.2. The van der Waals surface area contributed by atoms with E-state index in [1.54, 1.807) is 53.1 Å². The van der Waals surface area contributed by atoms with Crippen LogP contribution in [0.2, 0.25) is 0 Å². The SMILES string of the molecule is C=CCN(C)C(=O)[C@H]1[C@H]2C(=O)N(CCCCCO)C(C(=O)N(CC=C)c3ccc(OC)cc3)C23CC(C)[C@]1(C)O3. The Bertz CT molecular complexity index is 1140. The molecule has 3 aliphatic heterocycles. The maximum Gasteiger partial charge on any atom is 0.253 e. The number of hydrogen-bond acceptors (Lipinski definition) is 6. The molecule has 1 aromatic carbocycles. The second-order valence-corrected chi connectivity index (χ2v) is 11.5. The molecular weight excluding hydrogens is 510 g/mol. The molecule has 0 radical (unpaired) electrons. The van der Waals surface area contributed by atoms with Crippen molar-refractivity contribution in [1.82, 2.24) is 9.80 Å². The summed E-state index contributed by atoms with van der Waals surface area (Å²) in [6.07, 6.45) is 5.78. The molecule has 0 saturated carbocycles. The number of anilines is 1. The highest BCUT2D eigenvalue weighted by atomic mass is 16.5. The van der Waals surface area contributed by atoms with E-state index in [1.807, 2.05) is 26.0 Å². The molecule has 3 heterocycles. The number of carbonyl (C=O) groups is 3. The van der Waals surface area contributed by atoms with E-state index < -0.39 is 29.1 Å². The van der Waals surface area contributed by atoms with E-state index in [9.17, 15) is 19.5 Å². The van der Waals surface area contributed by atoms with E-state index in [1.165, 1.54) is 0 Å². The zero-order valence-corrected chi connectivity index (χ0v) is 24.2. The van der Waals surface area contributed by atoms with Crippen LogP contribution in [0.15, 0.2) is 49.6 Å². The van der Waals surface area contributed by atoms with Gasteiger partial charge in [0.25, 0.3) is 5.91 Å². The fourth-order valence-corrected chi connectivity index (χ4v) is 7.09. The summed E-state index contributed by atoms with van der Waals surface area (Å²) in [6.45, 7) is 12.6. The van der Waals surface area contributed by atoms with Crippen LogP contribution in [0.5, 0.6) is 5.75 Å². The molecule has 1 aromatic rings. The molecule has 1 spiro atoms. The first-order valence-electron chi connectivity index (χ1n) is 14.1. The second kappa shape index (κ2) is 11.7. The summed E-state index contributed by atoms with van der Waals surface area (Å²) in [7, 11) is 3.29. The average Bonchev–Trinajstić information content (AvgIpc) is 3.45. The van der Waals surface area contributed by atoms with E-state index in [2.05, 4.69) is 13.2 Å². The molecule has 3 aliphatic rings. The van der Waals surface area contributed by atoms with Crippen molar-refractivity contribution in [1.29, 1.82) is 0 Å². The van der Waals surface area contributed by atoms with Crippen LogP contribution >= 0.6 is 0 Å². The van der Waals surface area contributed by atoms with Gasteiger partial charge in [-0.3, -0.25) is 14.4 Å². The maximum absolute atomic E-state index is 14.6. The Hall–Kier alpha value is -3.17. The van der Waals surface area contributed by atoms with E-state index in [4.69, 9.17) is 9.47 Å². The summed E-state index contributed by atoms with van der Waals surface area (Å²) in [5.74, 6) is -1.48. The van der Waals surface area contributed by atoms with Crippen LogP contribution < -0.4 is 9.64 Å². The number of benzene rings is 1. The fraction of sp³-hybridized carbons (Fsp3) is 0.581. The minimum Gasteiger partial charge on any atom is -0.497 e. The Labute approximate surface area is 237 Å². The van der Waals surface area contributed by atoms with Crippen molar-refractivity contribution in [2.24, 2.45) is 17.8 Å². The number of carbonyl (C=O) groups excluding carboxylic acids is 3. The topological polar surface area (TPSA) is 99.6 Å². The van der Waals surface area contributed by atoms with Gasteiger partial charge in [0.1, 0.15) is 17.4 Å². The van der Waals surface area contributed by atoms with Crippen molar-refractivity contribution in [3.05, 3.63) is 49.6 Å². The Morgan fingerprint density at radius 2 is 1.82 bits per heavy atom. The Kier molecular flexibility index (Phi) is 8.75. The molecule has 2 bridgehead atoms. The van der Waals surface area contributed by atoms with E-state index in [-0.39, 0.29) is 36.8 Å². The van der Waals surface area contributed by atoms with Crippen LogP contribution in [0.25, 0.3) is 0 Å². The second-order valence-electron chi connectivity index (χ2n) is 11.5. The Morgan fingerprint density at radius 1 is 1.15 bits per heavy atom. The first-order chi connectivity index (χ1) is 19.1. The number of likely N-dealkylation sites (N-methyl/N-ethyl adjacent to an activating group) is 1. The maximum atomic E-state index is 14.6. The highest BCUT2D eigenvalue weighted by Gasteiger charge is 2.80. The average molecular weight is 554 g/mol. The molecule has 0 aliphatic carbocycles. The van der Waals surface area contributed by atoms with Gasteiger partial charge in [-0.05, 0) is 62.8 Å². The summed E-state index contributed by atoms with van der Waals surface area (Å²) in [5.41, 5.74) is -1.35.